The van der Waals surface area contributed by atoms with E-state index in [-0.39, 0.29) is 11.9 Å². The van der Waals surface area contributed by atoms with Crippen LogP contribution in [0.4, 0.5) is 0 Å². The number of aromatic nitrogens is 2. The quantitative estimate of drug-likeness (QED) is 0.532. The van der Waals surface area contributed by atoms with Crippen molar-refractivity contribution in [1.82, 2.24) is 15.0 Å². The van der Waals surface area contributed by atoms with Crippen molar-refractivity contribution in [3.8, 4) is 0 Å². The highest BCUT2D eigenvalue weighted by molar-refractivity contribution is 7.09. The molecule has 6 heteroatoms. The standard InChI is InChI=1S/C9H8N4OS/c1-4-7-8(9(14)13(4)10)12-6-3-15-2-5(6)11-7/h2-4H,10H2,1H3. The highest BCUT2D eigenvalue weighted by atomic mass is 32.1. The lowest BCUT2D eigenvalue weighted by Gasteiger charge is -2.12. The molecule has 0 bridgehead atoms. The number of hydrogen-bond donors (Lipinski definition) is 1. The summed E-state index contributed by atoms with van der Waals surface area (Å²) in [6, 6.07) is -0.190. The highest BCUT2D eigenvalue weighted by Crippen LogP contribution is 2.29. The van der Waals surface area contributed by atoms with Crippen molar-refractivity contribution >= 4 is 28.3 Å². The third-order valence-corrected chi connectivity index (χ3v) is 3.31. The first kappa shape index (κ1) is 8.75. The number of amides is 1. The molecule has 0 aromatic carbocycles. The maximum Gasteiger partial charge on any atom is 0.288 e. The van der Waals surface area contributed by atoms with Gasteiger partial charge in [0.2, 0.25) is 0 Å². The van der Waals surface area contributed by atoms with Gasteiger partial charge in [0.25, 0.3) is 5.91 Å². The van der Waals surface area contributed by atoms with Gasteiger partial charge in [-0.05, 0) is 6.92 Å². The largest absolute Gasteiger partial charge is 0.288 e. The van der Waals surface area contributed by atoms with Gasteiger partial charge < -0.3 is 0 Å². The molecule has 15 heavy (non-hydrogen) atoms. The first-order valence-electron chi connectivity index (χ1n) is 4.50. The van der Waals surface area contributed by atoms with E-state index < -0.39 is 0 Å². The summed E-state index contributed by atoms with van der Waals surface area (Å²) in [4.78, 5) is 20.4. The van der Waals surface area contributed by atoms with Crippen molar-refractivity contribution in [3.05, 3.63) is 22.1 Å². The van der Waals surface area contributed by atoms with Crippen LogP contribution in [0.2, 0.25) is 0 Å². The SMILES string of the molecule is CC1c2nc3cscc3nc2C(=O)N1N. The molecule has 2 N–H and O–H groups in total. The molecule has 2 aromatic heterocycles. The Hall–Kier alpha value is -1.53. The van der Waals surface area contributed by atoms with Crippen LogP contribution in [-0.2, 0) is 0 Å². The van der Waals surface area contributed by atoms with Crippen LogP contribution in [0.3, 0.4) is 0 Å². The number of carbonyl (C=O) groups is 1. The Labute approximate surface area is 89.5 Å². The molecule has 1 unspecified atom stereocenters. The van der Waals surface area contributed by atoms with E-state index in [9.17, 15) is 4.79 Å². The lowest BCUT2D eigenvalue weighted by molar-refractivity contribution is 0.0733. The Kier molecular flexibility index (Phi) is 1.60. The van der Waals surface area contributed by atoms with Crippen LogP contribution >= 0.6 is 11.3 Å². The van der Waals surface area contributed by atoms with E-state index >= 15 is 0 Å². The molecule has 0 radical (unpaired) electrons. The molecule has 0 aliphatic carbocycles. The van der Waals surface area contributed by atoms with Gasteiger partial charge in [-0.2, -0.15) is 0 Å². The second-order valence-electron chi connectivity index (χ2n) is 3.49. The summed E-state index contributed by atoms with van der Waals surface area (Å²) < 4.78 is 0. The number of nitrogens with two attached hydrogens (primary N) is 1. The van der Waals surface area contributed by atoms with E-state index in [1.165, 1.54) is 16.3 Å². The lowest BCUT2D eigenvalue weighted by Crippen LogP contribution is -2.33. The van der Waals surface area contributed by atoms with Crippen LogP contribution in [-0.4, -0.2) is 20.9 Å². The van der Waals surface area contributed by atoms with Crippen molar-refractivity contribution in [1.29, 1.82) is 0 Å². The monoisotopic (exact) mass is 220 g/mol. The van der Waals surface area contributed by atoms with Crippen molar-refractivity contribution in [2.24, 2.45) is 5.84 Å². The molecule has 1 aliphatic rings. The molecular formula is C9H8N4OS. The second kappa shape index (κ2) is 2.74. The summed E-state index contributed by atoms with van der Waals surface area (Å²) in [6.07, 6.45) is 0. The lowest BCUT2D eigenvalue weighted by atomic mass is 10.2. The molecule has 3 rings (SSSR count). The second-order valence-corrected chi connectivity index (χ2v) is 4.23. The van der Waals surface area contributed by atoms with E-state index in [4.69, 9.17) is 5.84 Å². The van der Waals surface area contributed by atoms with Crippen molar-refractivity contribution in [2.75, 3.05) is 0 Å². The third kappa shape index (κ3) is 1.03. The van der Waals surface area contributed by atoms with Crippen molar-refractivity contribution < 1.29 is 4.79 Å². The van der Waals surface area contributed by atoms with Crippen LogP contribution in [0.15, 0.2) is 10.8 Å². The van der Waals surface area contributed by atoms with Crippen LogP contribution in [0, 0.1) is 0 Å². The highest BCUT2D eigenvalue weighted by Gasteiger charge is 2.35. The molecule has 0 fully saturated rings. The van der Waals surface area contributed by atoms with Gasteiger partial charge in [-0.1, -0.05) is 0 Å². The summed E-state index contributed by atoms with van der Waals surface area (Å²) >= 11 is 1.53. The molecule has 0 saturated carbocycles. The third-order valence-electron chi connectivity index (χ3n) is 2.59. The van der Waals surface area contributed by atoms with Crippen molar-refractivity contribution in [2.45, 2.75) is 13.0 Å². The minimum atomic E-state index is -0.252. The summed E-state index contributed by atoms with van der Waals surface area (Å²) in [5, 5.41) is 4.96. The van der Waals surface area contributed by atoms with Crippen LogP contribution in [0.5, 0.6) is 0 Å². The van der Waals surface area contributed by atoms with E-state index in [1.54, 1.807) is 0 Å². The van der Waals surface area contributed by atoms with Gasteiger partial charge in [-0.25, -0.2) is 15.8 Å². The average Bonchev–Trinajstić information content (AvgIpc) is 2.77. The molecule has 2 aromatic rings. The zero-order valence-corrected chi connectivity index (χ0v) is 8.78. The Morgan fingerprint density at radius 2 is 2.07 bits per heavy atom. The summed E-state index contributed by atoms with van der Waals surface area (Å²) in [7, 11) is 0. The minimum Gasteiger partial charge on any atom is -0.266 e. The molecular weight excluding hydrogens is 212 g/mol. The summed E-state index contributed by atoms with van der Waals surface area (Å²) in [5.41, 5.74) is 2.65. The maximum absolute atomic E-state index is 11.7. The summed E-state index contributed by atoms with van der Waals surface area (Å²) in [6.45, 7) is 1.84. The van der Waals surface area contributed by atoms with Crippen LogP contribution in [0.25, 0.3) is 11.0 Å². The molecule has 1 atom stereocenters. The van der Waals surface area contributed by atoms with E-state index in [2.05, 4.69) is 9.97 Å². The van der Waals surface area contributed by atoms with E-state index in [1.807, 2.05) is 17.7 Å². The molecule has 0 spiro atoms. The molecule has 3 heterocycles. The summed E-state index contributed by atoms with van der Waals surface area (Å²) in [5.74, 6) is 5.36. The van der Waals surface area contributed by atoms with Gasteiger partial charge in [0.05, 0.1) is 17.3 Å². The van der Waals surface area contributed by atoms with Gasteiger partial charge >= 0.3 is 0 Å². The zero-order chi connectivity index (χ0) is 10.6. The minimum absolute atomic E-state index is 0.190. The predicted octanol–water partition coefficient (Wildman–Crippen LogP) is 1.08. The van der Waals surface area contributed by atoms with Gasteiger partial charge in [0, 0.05) is 10.8 Å². The van der Waals surface area contributed by atoms with Gasteiger partial charge in [-0.3, -0.25) is 9.80 Å². The number of fused-ring (bicyclic) bond motifs is 2. The molecule has 5 nitrogen and oxygen atoms in total. The van der Waals surface area contributed by atoms with Gasteiger partial charge in [-0.15, -0.1) is 11.3 Å². The first-order valence-corrected chi connectivity index (χ1v) is 5.45. The maximum atomic E-state index is 11.7. The fourth-order valence-electron chi connectivity index (χ4n) is 1.69. The fraction of sp³-hybridized carbons (Fsp3) is 0.222. The van der Waals surface area contributed by atoms with Crippen molar-refractivity contribution in [3.63, 3.8) is 0 Å². The van der Waals surface area contributed by atoms with Crippen LogP contribution in [0.1, 0.15) is 29.1 Å². The molecule has 1 amide bonds. The van der Waals surface area contributed by atoms with Gasteiger partial charge in [0.15, 0.2) is 5.69 Å². The van der Waals surface area contributed by atoms with Crippen LogP contribution < -0.4 is 5.84 Å². The molecule has 0 saturated heterocycles. The number of hydrazine groups is 1. The predicted molar refractivity (Wildman–Crippen MR) is 56.2 cm³/mol. The number of rotatable bonds is 0. The number of nitrogens with zero attached hydrogens (tertiary/aromatic N) is 3. The zero-order valence-electron chi connectivity index (χ0n) is 7.97. The number of thiophene rings is 1. The van der Waals surface area contributed by atoms with E-state index in [0.717, 1.165) is 11.0 Å². The first-order chi connectivity index (χ1) is 7.18. The fourth-order valence-corrected chi connectivity index (χ4v) is 2.36. The van der Waals surface area contributed by atoms with E-state index in [0.29, 0.717) is 11.4 Å². The Bertz CT molecular complexity index is 564. The molecule has 1 aliphatic heterocycles. The Morgan fingerprint density at radius 3 is 2.80 bits per heavy atom. The Morgan fingerprint density at radius 1 is 1.40 bits per heavy atom. The smallest absolute Gasteiger partial charge is 0.266 e. The topological polar surface area (TPSA) is 72.1 Å². The molecule has 76 valence electrons. The van der Waals surface area contributed by atoms with Gasteiger partial charge in [0.1, 0.15) is 5.52 Å². The Balaban J connectivity index is 2.34. The number of hydrogen-bond acceptors (Lipinski definition) is 5. The normalized spacial score (nSPS) is 20.0. The average molecular weight is 220 g/mol. The number of carbonyl (C=O) groups excluding carboxylic acids is 1.